The van der Waals surface area contributed by atoms with Gasteiger partial charge in [-0.15, -0.1) is 0 Å². The van der Waals surface area contributed by atoms with Gasteiger partial charge in [-0.2, -0.15) is 4.31 Å². The number of carboxylic acid groups (broad SMARTS) is 1. The fourth-order valence-corrected chi connectivity index (χ4v) is 6.19. The molecule has 1 aliphatic heterocycles. The molecule has 164 valence electrons. The van der Waals surface area contributed by atoms with Crippen LogP contribution in [0.4, 0.5) is 4.39 Å². The molecule has 1 aliphatic rings. The van der Waals surface area contributed by atoms with Gasteiger partial charge in [0, 0.05) is 31.0 Å². The third-order valence-electron chi connectivity index (χ3n) is 6.44. The number of carbonyl (C=O) groups is 1. The molecule has 1 atom stereocenters. The van der Waals surface area contributed by atoms with Gasteiger partial charge in [0.25, 0.3) is 0 Å². The number of aromatic nitrogens is 2. The second-order valence-corrected chi connectivity index (χ2v) is 9.93. The molecule has 0 saturated heterocycles. The highest BCUT2D eigenvalue weighted by Gasteiger charge is 2.44. The van der Waals surface area contributed by atoms with E-state index in [1.54, 1.807) is 19.3 Å². The molecule has 0 amide bonds. The maximum absolute atomic E-state index is 13.3. The summed E-state index contributed by atoms with van der Waals surface area (Å²) in [7, 11) is -2.29. The number of sulfonamides is 1. The molecule has 4 rings (SSSR count). The maximum Gasteiger partial charge on any atom is 0.307 e. The zero-order valence-electron chi connectivity index (χ0n) is 17.4. The van der Waals surface area contributed by atoms with Crippen LogP contribution in [0, 0.1) is 5.82 Å². The molecule has 0 spiro atoms. The van der Waals surface area contributed by atoms with Crippen molar-refractivity contribution in [2.24, 2.45) is 0 Å². The van der Waals surface area contributed by atoms with Crippen LogP contribution in [-0.4, -0.2) is 45.9 Å². The maximum atomic E-state index is 13.3. The van der Waals surface area contributed by atoms with Gasteiger partial charge >= 0.3 is 5.97 Å². The van der Waals surface area contributed by atoms with Crippen molar-refractivity contribution >= 4 is 27.0 Å². The summed E-state index contributed by atoms with van der Waals surface area (Å²) >= 11 is 0. The van der Waals surface area contributed by atoms with Crippen molar-refractivity contribution < 1.29 is 22.7 Å². The Labute approximate surface area is 180 Å². The molecule has 0 bridgehead atoms. The number of nitrogens with zero attached hydrogens (tertiary/aromatic N) is 3. The van der Waals surface area contributed by atoms with Crippen LogP contribution in [0.5, 0.6) is 0 Å². The van der Waals surface area contributed by atoms with Crippen LogP contribution < -0.4 is 0 Å². The molecule has 9 heteroatoms. The number of rotatable bonds is 6. The van der Waals surface area contributed by atoms with Crippen LogP contribution >= 0.6 is 0 Å². The second-order valence-electron chi connectivity index (χ2n) is 7.96. The van der Waals surface area contributed by atoms with Crippen LogP contribution in [0.15, 0.2) is 47.5 Å². The summed E-state index contributed by atoms with van der Waals surface area (Å²) in [6.45, 7) is 2.33. The topological polar surface area (TPSA) is 92.5 Å². The quantitative estimate of drug-likeness (QED) is 0.629. The summed E-state index contributed by atoms with van der Waals surface area (Å²) < 4.78 is 43.4. The molecular weight excluding hydrogens is 421 g/mol. The van der Waals surface area contributed by atoms with E-state index in [1.165, 1.54) is 16.4 Å². The van der Waals surface area contributed by atoms with Gasteiger partial charge in [-0.25, -0.2) is 12.8 Å². The van der Waals surface area contributed by atoms with Crippen LogP contribution in [0.1, 0.15) is 31.0 Å². The molecule has 0 saturated carbocycles. The van der Waals surface area contributed by atoms with Gasteiger partial charge in [-0.1, -0.05) is 6.92 Å². The fourth-order valence-electron chi connectivity index (χ4n) is 4.61. The van der Waals surface area contributed by atoms with Gasteiger partial charge in [0.05, 0.1) is 27.9 Å². The van der Waals surface area contributed by atoms with Crippen molar-refractivity contribution in [1.82, 2.24) is 13.9 Å². The summed E-state index contributed by atoms with van der Waals surface area (Å²) in [6, 6.07) is 8.51. The largest absolute Gasteiger partial charge is 0.481 e. The molecule has 3 aromatic rings. The molecule has 1 aromatic carbocycles. The number of hydrogen-bond acceptors (Lipinski definition) is 4. The van der Waals surface area contributed by atoms with Gasteiger partial charge in [-0.05, 0) is 55.7 Å². The van der Waals surface area contributed by atoms with Crippen molar-refractivity contribution in [3.05, 3.63) is 59.7 Å². The number of likely N-dealkylation sites (N-methyl/N-ethyl adjacent to an activating group) is 1. The molecule has 0 aliphatic carbocycles. The Morgan fingerprint density at radius 3 is 2.65 bits per heavy atom. The van der Waals surface area contributed by atoms with Crippen LogP contribution in [0.2, 0.25) is 0 Å². The molecule has 0 radical (unpaired) electrons. The van der Waals surface area contributed by atoms with Gasteiger partial charge in [-0.3, -0.25) is 9.78 Å². The highest BCUT2D eigenvalue weighted by molar-refractivity contribution is 7.89. The third-order valence-corrected chi connectivity index (χ3v) is 8.42. The number of benzene rings is 1. The molecule has 1 N–H and O–H groups in total. The first kappa shape index (κ1) is 21.5. The van der Waals surface area contributed by atoms with Gasteiger partial charge in [0.1, 0.15) is 5.82 Å². The standard InChI is InChI=1S/C22H24FN3O4S/c1-3-22(25(2)31(29,30)16-8-6-15(23)7-9-16)11-10-18-17(13-20(27)28)21-19(26(18)14-22)5-4-12-24-21/h4-9,12H,3,10-11,13-14H2,1-2H3,(H,27,28). The summed E-state index contributed by atoms with van der Waals surface area (Å²) in [5.74, 6) is -1.42. The van der Waals surface area contributed by atoms with E-state index in [0.29, 0.717) is 36.9 Å². The average Bonchev–Trinajstić information content (AvgIpc) is 3.05. The van der Waals surface area contributed by atoms with Gasteiger partial charge in [0.15, 0.2) is 0 Å². The molecule has 3 heterocycles. The Hall–Kier alpha value is -2.78. The van der Waals surface area contributed by atoms with Crippen LogP contribution in [-0.2, 0) is 34.2 Å². The number of aliphatic carboxylic acids is 1. The Balaban J connectivity index is 1.79. The summed E-state index contributed by atoms with van der Waals surface area (Å²) in [6.07, 6.45) is 3.16. The molecular formula is C22H24FN3O4S. The summed E-state index contributed by atoms with van der Waals surface area (Å²) in [5.41, 5.74) is 2.34. The van der Waals surface area contributed by atoms with E-state index in [4.69, 9.17) is 0 Å². The normalized spacial score (nSPS) is 19.0. The van der Waals surface area contributed by atoms with E-state index in [9.17, 15) is 22.7 Å². The smallest absolute Gasteiger partial charge is 0.307 e. The first-order chi connectivity index (χ1) is 14.7. The SMILES string of the molecule is CCC1(N(C)S(=O)(=O)c2ccc(F)cc2)CCc2c(CC(=O)O)c3ncccc3n2C1. The second kappa shape index (κ2) is 7.72. The van der Waals surface area contributed by atoms with Gasteiger partial charge < -0.3 is 9.67 Å². The number of carboxylic acids is 1. The van der Waals surface area contributed by atoms with E-state index >= 15 is 0 Å². The van der Waals surface area contributed by atoms with Crippen molar-refractivity contribution in [1.29, 1.82) is 0 Å². The highest BCUT2D eigenvalue weighted by Crippen LogP contribution is 2.39. The Bertz CT molecular complexity index is 1250. The molecule has 7 nitrogen and oxygen atoms in total. The lowest BCUT2D eigenvalue weighted by atomic mass is 9.86. The number of halogens is 1. The zero-order valence-corrected chi connectivity index (χ0v) is 18.2. The van der Waals surface area contributed by atoms with E-state index < -0.39 is 27.3 Å². The fraction of sp³-hybridized carbons (Fsp3) is 0.364. The first-order valence-electron chi connectivity index (χ1n) is 10.1. The predicted molar refractivity (Wildman–Crippen MR) is 114 cm³/mol. The van der Waals surface area contributed by atoms with E-state index in [-0.39, 0.29) is 11.3 Å². The summed E-state index contributed by atoms with van der Waals surface area (Å²) in [5, 5.41) is 9.38. The molecule has 1 unspecified atom stereocenters. The lowest BCUT2D eigenvalue weighted by Gasteiger charge is -2.44. The van der Waals surface area contributed by atoms with Crippen molar-refractivity contribution in [3.8, 4) is 0 Å². The van der Waals surface area contributed by atoms with Crippen LogP contribution in [0.25, 0.3) is 11.0 Å². The van der Waals surface area contributed by atoms with E-state index in [2.05, 4.69) is 4.98 Å². The third kappa shape index (κ3) is 3.51. The Kier molecular flexibility index (Phi) is 5.35. The minimum Gasteiger partial charge on any atom is -0.481 e. The lowest BCUT2D eigenvalue weighted by Crippen LogP contribution is -2.54. The van der Waals surface area contributed by atoms with Crippen LogP contribution in [0.3, 0.4) is 0 Å². The average molecular weight is 446 g/mol. The van der Waals surface area contributed by atoms with Crippen molar-refractivity contribution in [3.63, 3.8) is 0 Å². The molecule has 2 aromatic heterocycles. The monoisotopic (exact) mass is 445 g/mol. The first-order valence-corrected chi connectivity index (χ1v) is 11.5. The van der Waals surface area contributed by atoms with E-state index in [1.807, 2.05) is 17.6 Å². The van der Waals surface area contributed by atoms with Gasteiger partial charge in [0.2, 0.25) is 10.0 Å². The van der Waals surface area contributed by atoms with Crippen molar-refractivity contribution in [2.45, 2.75) is 49.6 Å². The zero-order chi connectivity index (χ0) is 22.4. The summed E-state index contributed by atoms with van der Waals surface area (Å²) in [4.78, 5) is 15.9. The minimum atomic E-state index is -3.85. The molecule has 31 heavy (non-hydrogen) atoms. The Morgan fingerprint density at radius 1 is 1.29 bits per heavy atom. The number of pyridine rings is 1. The number of hydrogen-bond donors (Lipinski definition) is 1. The van der Waals surface area contributed by atoms with Crippen molar-refractivity contribution in [2.75, 3.05) is 7.05 Å². The highest BCUT2D eigenvalue weighted by atomic mass is 32.2. The van der Waals surface area contributed by atoms with E-state index in [0.717, 1.165) is 23.3 Å². The molecule has 0 fully saturated rings. The lowest BCUT2D eigenvalue weighted by molar-refractivity contribution is -0.136. The predicted octanol–water partition coefficient (Wildman–Crippen LogP) is 3.22. The minimum absolute atomic E-state index is 0.0422. The Morgan fingerprint density at radius 2 is 2.00 bits per heavy atom. The number of fused-ring (bicyclic) bond motifs is 3.